The normalized spacial score (nSPS) is 10.4. The van der Waals surface area contributed by atoms with Crippen LogP contribution in [-0.2, 0) is 6.42 Å². The summed E-state index contributed by atoms with van der Waals surface area (Å²) in [6.45, 7) is 0.588. The van der Waals surface area contributed by atoms with E-state index in [1.165, 1.54) is 0 Å². The quantitative estimate of drug-likeness (QED) is 0.912. The molecule has 0 aliphatic rings. The van der Waals surface area contributed by atoms with Gasteiger partial charge in [-0.05, 0) is 42.8 Å². The number of hydrogen-bond acceptors (Lipinski definition) is 3. The minimum Gasteiger partial charge on any atom is -0.457 e. The Morgan fingerprint density at radius 1 is 1.10 bits per heavy atom. The van der Waals surface area contributed by atoms with Crippen LogP contribution < -0.4 is 15.4 Å². The number of benzene rings is 2. The average molecular weight is 291 g/mol. The highest BCUT2D eigenvalue weighted by molar-refractivity contribution is 6.31. The maximum absolute atomic E-state index is 6.21. The number of halogens is 1. The highest BCUT2D eigenvalue weighted by atomic mass is 35.5. The fourth-order valence-corrected chi connectivity index (χ4v) is 2.18. The lowest BCUT2D eigenvalue weighted by atomic mass is 10.1. The minimum absolute atomic E-state index is 0.588. The van der Waals surface area contributed by atoms with Crippen molar-refractivity contribution >= 4 is 17.3 Å². The molecule has 4 heteroatoms. The molecule has 106 valence electrons. The van der Waals surface area contributed by atoms with Gasteiger partial charge < -0.3 is 15.4 Å². The van der Waals surface area contributed by atoms with Gasteiger partial charge in [-0.1, -0.05) is 23.7 Å². The van der Waals surface area contributed by atoms with Crippen LogP contribution >= 0.6 is 11.6 Å². The molecule has 0 atom stereocenters. The van der Waals surface area contributed by atoms with Gasteiger partial charge in [-0.15, -0.1) is 0 Å². The van der Waals surface area contributed by atoms with Gasteiger partial charge in [0.15, 0.2) is 0 Å². The first-order chi connectivity index (χ1) is 9.60. The predicted octanol–water partition coefficient (Wildman–Crippen LogP) is 3.70. The molecule has 0 aliphatic heterocycles. The first-order valence-electron chi connectivity index (χ1n) is 6.54. The van der Waals surface area contributed by atoms with E-state index in [0.29, 0.717) is 11.6 Å². The van der Waals surface area contributed by atoms with Crippen molar-refractivity contribution in [3.63, 3.8) is 0 Å². The summed E-state index contributed by atoms with van der Waals surface area (Å²) in [6.07, 6.45) is 0.773. The molecule has 0 saturated heterocycles. The molecule has 0 amide bonds. The molecule has 2 N–H and O–H groups in total. The number of nitrogens with zero attached hydrogens (tertiary/aromatic N) is 1. The van der Waals surface area contributed by atoms with Crippen molar-refractivity contribution in [3.05, 3.63) is 53.1 Å². The van der Waals surface area contributed by atoms with Crippen molar-refractivity contribution in [2.75, 3.05) is 25.5 Å². The molecule has 0 unspecified atom stereocenters. The molecule has 0 aliphatic carbocycles. The molecule has 0 spiro atoms. The van der Waals surface area contributed by atoms with E-state index in [4.69, 9.17) is 22.1 Å². The van der Waals surface area contributed by atoms with Crippen LogP contribution in [0.4, 0.5) is 5.69 Å². The number of rotatable bonds is 5. The molecule has 0 bridgehead atoms. The Bertz CT molecular complexity index is 584. The molecule has 0 aromatic heterocycles. The van der Waals surface area contributed by atoms with Crippen LogP contribution in [0.1, 0.15) is 5.56 Å². The van der Waals surface area contributed by atoms with E-state index in [0.717, 1.165) is 29.2 Å². The minimum atomic E-state index is 0.588. The molecule has 0 saturated carbocycles. The highest BCUT2D eigenvalue weighted by Crippen LogP contribution is 2.28. The summed E-state index contributed by atoms with van der Waals surface area (Å²) in [5.74, 6) is 1.52. The maximum Gasteiger partial charge on any atom is 0.129 e. The van der Waals surface area contributed by atoms with Crippen molar-refractivity contribution in [1.29, 1.82) is 0 Å². The number of nitrogens with two attached hydrogens (primary N) is 1. The average Bonchev–Trinajstić information content (AvgIpc) is 2.42. The zero-order valence-corrected chi connectivity index (χ0v) is 12.5. The van der Waals surface area contributed by atoms with E-state index in [9.17, 15) is 0 Å². The Morgan fingerprint density at radius 3 is 2.50 bits per heavy atom. The standard InChI is InChI=1S/C16H19ClN2O/c1-19(2)13-4-3-5-14(10-13)20-15-7-6-12(8-9-18)16(17)11-15/h3-7,10-11H,8-9,18H2,1-2H3. The first-order valence-corrected chi connectivity index (χ1v) is 6.91. The highest BCUT2D eigenvalue weighted by Gasteiger charge is 2.04. The first kappa shape index (κ1) is 14.7. The van der Waals surface area contributed by atoms with E-state index in [1.54, 1.807) is 0 Å². The largest absolute Gasteiger partial charge is 0.457 e. The van der Waals surface area contributed by atoms with Crippen molar-refractivity contribution in [3.8, 4) is 11.5 Å². The van der Waals surface area contributed by atoms with Gasteiger partial charge in [0.2, 0.25) is 0 Å². The van der Waals surface area contributed by atoms with Crippen LogP contribution in [0.25, 0.3) is 0 Å². The Morgan fingerprint density at radius 2 is 1.85 bits per heavy atom. The monoisotopic (exact) mass is 290 g/mol. The van der Waals surface area contributed by atoms with Crippen LogP contribution in [0.5, 0.6) is 11.5 Å². The summed E-state index contributed by atoms with van der Waals surface area (Å²) in [6, 6.07) is 13.6. The summed E-state index contributed by atoms with van der Waals surface area (Å²) in [4.78, 5) is 2.03. The van der Waals surface area contributed by atoms with Gasteiger partial charge in [0.25, 0.3) is 0 Å². The lowest BCUT2D eigenvalue weighted by molar-refractivity contribution is 0.482. The molecule has 0 radical (unpaired) electrons. The Hall–Kier alpha value is -1.71. The molecule has 2 aromatic rings. The van der Waals surface area contributed by atoms with Gasteiger partial charge in [0, 0.05) is 30.9 Å². The topological polar surface area (TPSA) is 38.5 Å². The Labute approximate surface area is 124 Å². The maximum atomic E-state index is 6.21. The van der Waals surface area contributed by atoms with E-state index in [2.05, 4.69) is 0 Å². The van der Waals surface area contributed by atoms with E-state index >= 15 is 0 Å². The van der Waals surface area contributed by atoms with Crippen LogP contribution in [-0.4, -0.2) is 20.6 Å². The predicted molar refractivity (Wildman–Crippen MR) is 85.1 cm³/mol. The summed E-state index contributed by atoms with van der Waals surface area (Å²) in [5, 5.41) is 0.691. The number of anilines is 1. The lowest BCUT2D eigenvalue weighted by Crippen LogP contribution is -2.08. The fourth-order valence-electron chi connectivity index (χ4n) is 1.91. The molecule has 2 rings (SSSR count). The molecule has 20 heavy (non-hydrogen) atoms. The van der Waals surface area contributed by atoms with E-state index in [-0.39, 0.29) is 0 Å². The third-order valence-corrected chi connectivity index (χ3v) is 3.36. The smallest absolute Gasteiger partial charge is 0.129 e. The Balaban J connectivity index is 2.17. The van der Waals surface area contributed by atoms with Crippen LogP contribution in [0, 0.1) is 0 Å². The van der Waals surface area contributed by atoms with Crippen LogP contribution in [0.15, 0.2) is 42.5 Å². The van der Waals surface area contributed by atoms with Crippen molar-refractivity contribution in [2.45, 2.75) is 6.42 Å². The molecular formula is C16H19ClN2O. The van der Waals surface area contributed by atoms with Crippen molar-refractivity contribution in [2.24, 2.45) is 5.73 Å². The summed E-state index contributed by atoms with van der Waals surface area (Å²) >= 11 is 6.21. The third kappa shape index (κ3) is 3.65. The van der Waals surface area contributed by atoms with Crippen LogP contribution in [0.3, 0.4) is 0 Å². The van der Waals surface area contributed by atoms with Gasteiger partial charge >= 0.3 is 0 Å². The fraction of sp³-hybridized carbons (Fsp3) is 0.250. The second kappa shape index (κ2) is 6.64. The van der Waals surface area contributed by atoms with E-state index < -0.39 is 0 Å². The summed E-state index contributed by atoms with van der Waals surface area (Å²) < 4.78 is 5.84. The molecule has 3 nitrogen and oxygen atoms in total. The number of hydrogen-bond donors (Lipinski definition) is 1. The molecule has 2 aromatic carbocycles. The summed E-state index contributed by atoms with van der Waals surface area (Å²) in [7, 11) is 4.00. The van der Waals surface area contributed by atoms with Crippen molar-refractivity contribution in [1.82, 2.24) is 0 Å². The van der Waals surface area contributed by atoms with Crippen molar-refractivity contribution < 1.29 is 4.74 Å². The van der Waals surface area contributed by atoms with E-state index in [1.807, 2.05) is 61.5 Å². The third-order valence-electron chi connectivity index (χ3n) is 3.01. The zero-order valence-electron chi connectivity index (χ0n) is 11.8. The second-order valence-electron chi connectivity index (χ2n) is 4.79. The molecule has 0 fully saturated rings. The van der Waals surface area contributed by atoms with Gasteiger partial charge in [-0.2, -0.15) is 0 Å². The van der Waals surface area contributed by atoms with Gasteiger partial charge in [0.1, 0.15) is 11.5 Å². The van der Waals surface area contributed by atoms with Gasteiger partial charge in [-0.25, -0.2) is 0 Å². The SMILES string of the molecule is CN(C)c1cccc(Oc2ccc(CCN)c(Cl)c2)c1. The van der Waals surface area contributed by atoms with Crippen LogP contribution in [0.2, 0.25) is 5.02 Å². The lowest BCUT2D eigenvalue weighted by Gasteiger charge is -2.14. The second-order valence-corrected chi connectivity index (χ2v) is 5.19. The zero-order chi connectivity index (χ0) is 14.5. The molecule has 0 heterocycles. The number of ether oxygens (including phenoxy) is 1. The summed E-state index contributed by atoms with van der Waals surface area (Å²) in [5.41, 5.74) is 7.68. The van der Waals surface area contributed by atoms with Gasteiger partial charge in [-0.3, -0.25) is 0 Å². The Kier molecular flexibility index (Phi) is 4.88. The van der Waals surface area contributed by atoms with Gasteiger partial charge in [0.05, 0.1) is 0 Å². The molecular weight excluding hydrogens is 272 g/mol.